The van der Waals surface area contributed by atoms with Gasteiger partial charge < -0.3 is 10.5 Å². The minimum atomic E-state index is -1.25. The Morgan fingerprint density at radius 1 is 1.14 bits per heavy atom. The fourth-order valence-corrected chi connectivity index (χ4v) is 3.07. The highest BCUT2D eigenvalue weighted by Crippen LogP contribution is 2.19. The molecule has 2 aromatic carbocycles. The van der Waals surface area contributed by atoms with Crippen LogP contribution in [0.4, 0.5) is 4.39 Å². The quantitative estimate of drug-likeness (QED) is 0.892. The van der Waals surface area contributed by atoms with Crippen molar-refractivity contribution in [1.29, 1.82) is 0 Å². The van der Waals surface area contributed by atoms with Gasteiger partial charge in [-0.25, -0.2) is 4.39 Å². The van der Waals surface area contributed by atoms with Crippen molar-refractivity contribution < 1.29 is 13.3 Å². The van der Waals surface area contributed by atoms with Crippen molar-refractivity contribution in [2.45, 2.75) is 17.9 Å². The largest absolute Gasteiger partial charge is 0.494 e. The molecule has 0 fully saturated rings. The number of hydrogen-bond acceptors (Lipinski definition) is 3. The molecular formula is C16H18FNO2S. The standard InChI is InChI=1S/C16H18FNO2S/c1-2-20-14-7-3-12(4-8-14)16(18)11-21(19)15-9-5-13(17)6-10-15/h3-10,16H,2,11,18H2,1H3. The van der Waals surface area contributed by atoms with Crippen LogP contribution in [0.15, 0.2) is 53.4 Å². The Bertz CT molecular complexity index is 599. The molecule has 0 saturated carbocycles. The average Bonchev–Trinajstić information content (AvgIpc) is 2.49. The Balaban J connectivity index is 2.01. The van der Waals surface area contributed by atoms with E-state index < -0.39 is 10.8 Å². The second-order valence-corrected chi connectivity index (χ2v) is 6.07. The molecule has 0 aliphatic carbocycles. The fourth-order valence-electron chi connectivity index (χ4n) is 1.92. The summed E-state index contributed by atoms with van der Waals surface area (Å²) in [6, 6.07) is 12.7. The van der Waals surface area contributed by atoms with Gasteiger partial charge in [-0.15, -0.1) is 0 Å². The first kappa shape index (κ1) is 15.7. The van der Waals surface area contributed by atoms with E-state index in [2.05, 4.69) is 0 Å². The number of rotatable bonds is 6. The molecule has 5 heteroatoms. The van der Waals surface area contributed by atoms with Crippen LogP contribution in [0.1, 0.15) is 18.5 Å². The number of ether oxygens (including phenoxy) is 1. The van der Waals surface area contributed by atoms with E-state index in [1.54, 1.807) is 0 Å². The average molecular weight is 307 g/mol. The topological polar surface area (TPSA) is 52.3 Å². The van der Waals surface area contributed by atoms with Gasteiger partial charge in [-0.3, -0.25) is 4.21 Å². The lowest BCUT2D eigenvalue weighted by molar-refractivity contribution is 0.340. The van der Waals surface area contributed by atoms with Crippen molar-refractivity contribution in [3.8, 4) is 5.75 Å². The molecule has 0 spiro atoms. The molecule has 3 nitrogen and oxygen atoms in total. The van der Waals surface area contributed by atoms with Crippen molar-refractivity contribution in [3.05, 3.63) is 59.9 Å². The number of nitrogens with two attached hydrogens (primary N) is 1. The Kier molecular flexibility index (Phi) is 5.47. The van der Waals surface area contributed by atoms with Gasteiger partial charge >= 0.3 is 0 Å². The zero-order chi connectivity index (χ0) is 15.2. The molecule has 0 bridgehead atoms. The maximum atomic E-state index is 12.8. The second kappa shape index (κ2) is 7.33. The number of halogens is 1. The summed E-state index contributed by atoms with van der Waals surface area (Å²) in [6.07, 6.45) is 0. The van der Waals surface area contributed by atoms with Crippen LogP contribution in [-0.2, 0) is 10.8 Å². The van der Waals surface area contributed by atoms with Crippen LogP contribution in [-0.4, -0.2) is 16.6 Å². The van der Waals surface area contributed by atoms with Crippen molar-refractivity contribution in [2.24, 2.45) is 5.73 Å². The van der Waals surface area contributed by atoms with Crippen LogP contribution < -0.4 is 10.5 Å². The molecule has 2 atom stereocenters. The van der Waals surface area contributed by atoms with Gasteiger partial charge in [-0.05, 0) is 48.9 Å². The summed E-state index contributed by atoms with van der Waals surface area (Å²) in [7, 11) is -1.25. The highest BCUT2D eigenvalue weighted by atomic mass is 32.2. The molecule has 112 valence electrons. The van der Waals surface area contributed by atoms with Crippen LogP contribution >= 0.6 is 0 Å². The molecule has 2 unspecified atom stereocenters. The highest BCUT2D eigenvalue weighted by Gasteiger charge is 2.12. The summed E-state index contributed by atoms with van der Waals surface area (Å²) < 4.78 is 30.4. The van der Waals surface area contributed by atoms with E-state index in [0.29, 0.717) is 17.3 Å². The van der Waals surface area contributed by atoms with Crippen molar-refractivity contribution >= 4 is 10.8 Å². The lowest BCUT2D eigenvalue weighted by atomic mass is 10.1. The Morgan fingerprint density at radius 2 is 1.76 bits per heavy atom. The monoisotopic (exact) mass is 307 g/mol. The molecule has 0 radical (unpaired) electrons. The number of hydrogen-bond donors (Lipinski definition) is 1. The van der Waals surface area contributed by atoms with Crippen LogP contribution in [0.25, 0.3) is 0 Å². The summed E-state index contributed by atoms with van der Waals surface area (Å²) in [5.74, 6) is 0.735. The van der Waals surface area contributed by atoms with Crippen LogP contribution in [0.3, 0.4) is 0 Å². The van der Waals surface area contributed by atoms with E-state index in [1.807, 2.05) is 31.2 Å². The summed E-state index contributed by atoms with van der Waals surface area (Å²) in [6.45, 7) is 2.53. The SMILES string of the molecule is CCOc1ccc(C(N)CS(=O)c2ccc(F)cc2)cc1. The van der Waals surface area contributed by atoms with Gasteiger partial charge in [0, 0.05) is 16.7 Å². The maximum Gasteiger partial charge on any atom is 0.123 e. The van der Waals surface area contributed by atoms with E-state index in [-0.39, 0.29) is 11.9 Å². The van der Waals surface area contributed by atoms with Crippen molar-refractivity contribution in [2.75, 3.05) is 12.4 Å². The van der Waals surface area contributed by atoms with Crippen LogP contribution in [0.2, 0.25) is 0 Å². The Hall–Kier alpha value is -1.72. The molecule has 0 heterocycles. The zero-order valence-corrected chi connectivity index (χ0v) is 12.6. The molecule has 2 aromatic rings. The van der Waals surface area contributed by atoms with Gasteiger partial charge in [-0.1, -0.05) is 12.1 Å². The predicted molar refractivity (Wildman–Crippen MR) is 82.2 cm³/mol. The van der Waals surface area contributed by atoms with E-state index in [9.17, 15) is 8.60 Å². The lowest BCUT2D eigenvalue weighted by Crippen LogP contribution is -2.18. The lowest BCUT2D eigenvalue weighted by Gasteiger charge is -2.12. The van der Waals surface area contributed by atoms with E-state index >= 15 is 0 Å². The molecule has 2 rings (SSSR count). The van der Waals surface area contributed by atoms with Crippen molar-refractivity contribution in [3.63, 3.8) is 0 Å². The first-order valence-corrected chi connectivity index (χ1v) is 8.04. The predicted octanol–water partition coefficient (Wildman–Crippen LogP) is 3.03. The fraction of sp³-hybridized carbons (Fsp3) is 0.250. The summed E-state index contributed by atoms with van der Waals surface area (Å²) in [5, 5.41) is 0. The molecule has 0 aliphatic heterocycles. The van der Waals surface area contributed by atoms with Gasteiger partial charge in [0.05, 0.1) is 17.4 Å². The van der Waals surface area contributed by atoms with Crippen LogP contribution in [0.5, 0.6) is 5.75 Å². The molecule has 2 N–H and O–H groups in total. The molecule has 0 amide bonds. The third kappa shape index (κ3) is 4.37. The smallest absolute Gasteiger partial charge is 0.123 e. The minimum absolute atomic E-state index is 0.291. The highest BCUT2D eigenvalue weighted by molar-refractivity contribution is 7.85. The maximum absolute atomic E-state index is 12.8. The second-order valence-electron chi connectivity index (χ2n) is 4.57. The number of benzene rings is 2. The van der Waals surface area contributed by atoms with Crippen molar-refractivity contribution in [1.82, 2.24) is 0 Å². The molecule has 0 aliphatic rings. The normalized spacial score (nSPS) is 13.7. The van der Waals surface area contributed by atoms with E-state index in [0.717, 1.165) is 11.3 Å². The van der Waals surface area contributed by atoms with Gasteiger partial charge in [0.1, 0.15) is 11.6 Å². The first-order valence-electron chi connectivity index (χ1n) is 6.72. The minimum Gasteiger partial charge on any atom is -0.494 e. The van der Waals surface area contributed by atoms with Gasteiger partial charge in [0.15, 0.2) is 0 Å². The van der Waals surface area contributed by atoms with E-state index in [1.165, 1.54) is 24.3 Å². The summed E-state index contributed by atoms with van der Waals surface area (Å²) in [5.41, 5.74) is 6.98. The Labute approximate surface area is 126 Å². The Morgan fingerprint density at radius 3 is 2.33 bits per heavy atom. The van der Waals surface area contributed by atoms with Gasteiger partial charge in [-0.2, -0.15) is 0 Å². The summed E-state index contributed by atoms with van der Waals surface area (Å²) in [4.78, 5) is 0.581. The van der Waals surface area contributed by atoms with Gasteiger partial charge in [0.2, 0.25) is 0 Å². The molecule has 0 saturated heterocycles. The molecular weight excluding hydrogens is 289 g/mol. The summed E-state index contributed by atoms with van der Waals surface area (Å²) >= 11 is 0. The third-order valence-corrected chi connectivity index (χ3v) is 4.49. The molecule has 21 heavy (non-hydrogen) atoms. The molecule has 0 aromatic heterocycles. The first-order chi connectivity index (χ1) is 10.1. The van der Waals surface area contributed by atoms with E-state index in [4.69, 9.17) is 10.5 Å². The van der Waals surface area contributed by atoms with Crippen LogP contribution in [0, 0.1) is 5.82 Å². The zero-order valence-electron chi connectivity index (χ0n) is 11.8. The third-order valence-electron chi connectivity index (χ3n) is 3.03. The van der Waals surface area contributed by atoms with Gasteiger partial charge in [0.25, 0.3) is 0 Å².